The van der Waals surface area contributed by atoms with Gasteiger partial charge in [0, 0.05) is 6.08 Å². The number of unbranched alkanes of at least 4 members (excludes halogenated alkanes) is 3. The van der Waals surface area contributed by atoms with Crippen molar-refractivity contribution in [3.8, 4) is 0 Å². The average Bonchev–Trinajstić information content (AvgIpc) is 2.76. The predicted octanol–water partition coefficient (Wildman–Crippen LogP) is 4.93. The maximum Gasteiger partial charge on any atom is 0.330 e. The Kier molecular flexibility index (Phi) is 17.1. The number of esters is 1. The fourth-order valence-electron chi connectivity index (χ4n) is 3.27. The fourth-order valence-corrected chi connectivity index (χ4v) is 3.27. The number of allylic oxidation sites excluding steroid dienone is 6. The summed E-state index contributed by atoms with van der Waals surface area (Å²) >= 11 is 0. The fraction of sp³-hybridized carbons (Fsp3) is 0.615. The normalized spacial score (nSPS) is 15.8. The summed E-state index contributed by atoms with van der Waals surface area (Å²) in [6, 6.07) is 0. The summed E-state index contributed by atoms with van der Waals surface area (Å²) in [5, 5.41) is 9.59. The SMILES string of the molecule is C=CC(=O)OC(CCCCC/C=C\C/C=C\C/C=C\CC)C(CC)(OCC(C)O)C(N)=O. The molecule has 0 bridgehead atoms. The van der Waals surface area contributed by atoms with Crippen LogP contribution in [0.5, 0.6) is 0 Å². The number of rotatable bonds is 19. The highest BCUT2D eigenvalue weighted by molar-refractivity contribution is 5.86. The van der Waals surface area contributed by atoms with Gasteiger partial charge in [0.15, 0.2) is 5.60 Å². The Bertz CT molecular complexity index is 624. The zero-order valence-electron chi connectivity index (χ0n) is 20.1. The van der Waals surface area contributed by atoms with Gasteiger partial charge in [-0.2, -0.15) is 0 Å². The molecular weight excluding hydrogens is 406 g/mol. The molecule has 6 heteroatoms. The van der Waals surface area contributed by atoms with Crippen LogP contribution >= 0.6 is 0 Å². The number of aliphatic hydroxyl groups is 1. The van der Waals surface area contributed by atoms with E-state index in [9.17, 15) is 14.7 Å². The topological polar surface area (TPSA) is 98.8 Å². The number of primary amides is 1. The number of hydrogen-bond acceptors (Lipinski definition) is 5. The first kappa shape index (κ1) is 29.8. The lowest BCUT2D eigenvalue weighted by Gasteiger charge is -2.37. The van der Waals surface area contributed by atoms with E-state index < -0.39 is 29.7 Å². The van der Waals surface area contributed by atoms with Gasteiger partial charge in [-0.25, -0.2) is 4.79 Å². The number of hydrogen-bond donors (Lipinski definition) is 2. The number of carbonyl (C=O) groups is 2. The molecule has 0 fully saturated rings. The number of nitrogens with two attached hydrogens (primary N) is 1. The van der Waals surface area contributed by atoms with Gasteiger partial charge in [0.2, 0.25) is 0 Å². The highest BCUT2D eigenvalue weighted by Crippen LogP contribution is 2.28. The van der Waals surface area contributed by atoms with E-state index in [-0.39, 0.29) is 13.0 Å². The summed E-state index contributed by atoms with van der Waals surface area (Å²) in [5.41, 5.74) is 4.17. The molecule has 0 saturated carbocycles. The molecule has 0 spiro atoms. The van der Waals surface area contributed by atoms with Gasteiger partial charge in [0.25, 0.3) is 5.91 Å². The maximum atomic E-state index is 12.3. The summed E-state index contributed by atoms with van der Waals surface area (Å²) < 4.78 is 11.2. The molecular formula is C26H43NO5. The van der Waals surface area contributed by atoms with Crippen LogP contribution in [0, 0.1) is 0 Å². The first-order chi connectivity index (χ1) is 15.3. The van der Waals surface area contributed by atoms with Crippen molar-refractivity contribution in [1.29, 1.82) is 0 Å². The van der Waals surface area contributed by atoms with E-state index in [4.69, 9.17) is 15.2 Å². The van der Waals surface area contributed by atoms with Crippen molar-refractivity contribution in [2.75, 3.05) is 6.61 Å². The molecule has 0 radical (unpaired) electrons. The van der Waals surface area contributed by atoms with E-state index in [1.807, 2.05) is 0 Å². The molecule has 32 heavy (non-hydrogen) atoms. The molecule has 0 aliphatic heterocycles. The second kappa shape index (κ2) is 18.4. The van der Waals surface area contributed by atoms with Crippen molar-refractivity contribution in [3.63, 3.8) is 0 Å². The number of amides is 1. The summed E-state index contributed by atoms with van der Waals surface area (Å²) in [6.07, 6.45) is 19.7. The van der Waals surface area contributed by atoms with Gasteiger partial charge < -0.3 is 20.3 Å². The molecule has 182 valence electrons. The Morgan fingerprint density at radius 1 is 1.03 bits per heavy atom. The summed E-state index contributed by atoms with van der Waals surface area (Å²) in [6.45, 7) is 8.78. The predicted molar refractivity (Wildman–Crippen MR) is 130 cm³/mol. The van der Waals surface area contributed by atoms with Gasteiger partial charge in [0.05, 0.1) is 12.7 Å². The molecule has 0 saturated heterocycles. The Morgan fingerprint density at radius 2 is 1.66 bits per heavy atom. The van der Waals surface area contributed by atoms with Gasteiger partial charge >= 0.3 is 5.97 Å². The molecule has 0 heterocycles. The summed E-state index contributed by atoms with van der Waals surface area (Å²) in [4.78, 5) is 24.2. The summed E-state index contributed by atoms with van der Waals surface area (Å²) in [7, 11) is 0. The van der Waals surface area contributed by atoms with Crippen LogP contribution in [0.3, 0.4) is 0 Å². The molecule has 1 amide bonds. The zero-order chi connectivity index (χ0) is 24.2. The van der Waals surface area contributed by atoms with Crippen LogP contribution in [0.4, 0.5) is 0 Å². The Labute approximate surface area is 194 Å². The van der Waals surface area contributed by atoms with E-state index in [2.05, 4.69) is 50.0 Å². The van der Waals surface area contributed by atoms with Crippen LogP contribution in [0.2, 0.25) is 0 Å². The maximum absolute atomic E-state index is 12.3. The molecule has 0 aromatic heterocycles. The largest absolute Gasteiger partial charge is 0.456 e. The van der Waals surface area contributed by atoms with Crippen LogP contribution in [-0.4, -0.2) is 41.4 Å². The summed E-state index contributed by atoms with van der Waals surface area (Å²) in [5.74, 6) is -1.33. The number of ether oxygens (including phenoxy) is 2. The molecule has 6 nitrogen and oxygen atoms in total. The van der Waals surface area contributed by atoms with Gasteiger partial charge in [-0.1, -0.05) is 63.3 Å². The van der Waals surface area contributed by atoms with Crippen molar-refractivity contribution in [2.24, 2.45) is 5.73 Å². The minimum absolute atomic E-state index is 0.0763. The lowest BCUT2D eigenvalue weighted by Crippen LogP contribution is -2.57. The van der Waals surface area contributed by atoms with Crippen LogP contribution in [-0.2, 0) is 19.1 Å². The minimum atomic E-state index is -1.48. The second-order valence-electron chi connectivity index (χ2n) is 7.83. The van der Waals surface area contributed by atoms with Crippen molar-refractivity contribution >= 4 is 11.9 Å². The molecule has 0 aromatic rings. The van der Waals surface area contributed by atoms with Gasteiger partial charge in [-0.05, 0) is 58.3 Å². The molecule has 3 N–H and O–H groups in total. The van der Waals surface area contributed by atoms with Crippen molar-refractivity contribution in [1.82, 2.24) is 0 Å². The van der Waals surface area contributed by atoms with E-state index >= 15 is 0 Å². The molecule has 3 atom stereocenters. The van der Waals surface area contributed by atoms with Crippen molar-refractivity contribution < 1.29 is 24.2 Å². The number of carbonyl (C=O) groups excluding carboxylic acids is 2. The number of aliphatic hydroxyl groups excluding tert-OH is 1. The highest BCUT2D eigenvalue weighted by atomic mass is 16.6. The smallest absolute Gasteiger partial charge is 0.330 e. The van der Waals surface area contributed by atoms with Crippen molar-refractivity contribution in [3.05, 3.63) is 49.1 Å². The lowest BCUT2D eigenvalue weighted by atomic mass is 9.88. The van der Waals surface area contributed by atoms with Crippen LogP contribution in [0.25, 0.3) is 0 Å². The van der Waals surface area contributed by atoms with Gasteiger partial charge in [0.1, 0.15) is 6.10 Å². The molecule has 0 aliphatic rings. The van der Waals surface area contributed by atoms with Crippen molar-refractivity contribution in [2.45, 2.75) is 96.4 Å². The quantitative estimate of drug-likeness (QED) is 0.126. The van der Waals surface area contributed by atoms with E-state index in [0.717, 1.165) is 51.0 Å². The minimum Gasteiger partial charge on any atom is -0.456 e. The molecule has 0 aliphatic carbocycles. The highest BCUT2D eigenvalue weighted by Gasteiger charge is 2.46. The van der Waals surface area contributed by atoms with E-state index in [0.29, 0.717) is 6.42 Å². The molecule has 0 rings (SSSR count). The lowest BCUT2D eigenvalue weighted by molar-refractivity contribution is -0.184. The Hall–Kier alpha value is -2.18. The van der Waals surface area contributed by atoms with E-state index in [1.54, 1.807) is 13.8 Å². The third kappa shape index (κ3) is 12.6. The average molecular weight is 450 g/mol. The third-order valence-corrected chi connectivity index (χ3v) is 5.09. The second-order valence-corrected chi connectivity index (χ2v) is 7.83. The first-order valence-corrected chi connectivity index (χ1v) is 11.7. The molecule has 3 unspecified atom stereocenters. The molecule has 0 aromatic carbocycles. The third-order valence-electron chi connectivity index (χ3n) is 5.09. The van der Waals surface area contributed by atoms with Crippen LogP contribution in [0.1, 0.15) is 78.6 Å². The van der Waals surface area contributed by atoms with E-state index in [1.165, 1.54) is 0 Å². The van der Waals surface area contributed by atoms with Crippen LogP contribution < -0.4 is 5.73 Å². The standard InChI is InChI=1S/C26H43NO5/c1-5-8-9-10-11-12-13-14-15-16-17-18-19-20-23(32-24(29)6-2)26(7-3,25(27)30)31-21-22(4)28/h6,8-9,11-12,14-15,22-23,28H,2,5,7,10,13,16-21H2,1,3-4H3,(H2,27,30)/b9-8-,12-11-,15-14-. The monoisotopic (exact) mass is 449 g/mol. The van der Waals surface area contributed by atoms with Gasteiger partial charge in [-0.15, -0.1) is 0 Å². The van der Waals surface area contributed by atoms with Gasteiger partial charge in [-0.3, -0.25) is 4.79 Å². The van der Waals surface area contributed by atoms with Crippen LogP contribution in [0.15, 0.2) is 49.1 Å². The first-order valence-electron chi connectivity index (χ1n) is 11.7. The Morgan fingerprint density at radius 3 is 2.19 bits per heavy atom. The zero-order valence-corrected chi connectivity index (χ0v) is 20.1. The Balaban J connectivity index is 4.66.